The van der Waals surface area contributed by atoms with E-state index in [9.17, 15) is 14.0 Å². The van der Waals surface area contributed by atoms with Crippen molar-refractivity contribution < 1.29 is 14.0 Å². The van der Waals surface area contributed by atoms with Gasteiger partial charge in [0.05, 0.1) is 11.1 Å². The summed E-state index contributed by atoms with van der Waals surface area (Å²) in [6.45, 7) is 1.81. The van der Waals surface area contributed by atoms with E-state index in [1.165, 1.54) is 18.5 Å². The molecule has 0 saturated carbocycles. The van der Waals surface area contributed by atoms with Crippen LogP contribution in [0.3, 0.4) is 0 Å². The highest BCUT2D eigenvalue weighted by Gasteiger charge is 2.20. The van der Waals surface area contributed by atoms with Crippen LogP contribution in [0.5, 0.6) is 0 Å². The second-order valence-corrected chi connectivity index (χ2v) is 6.06. The minimum Gasteiger partial charge on any atom is -0.352 e. The van der Waals surface area contributed by atoms with E-state index >= 15 is 0 Å². The van der Waals surface area contributed by atoms with Crippen LogP contribution in [-0.2, 0) is 6.42 Å². The molecule has 0 spiro atoms. The van der Waals surface area contributed by atoms with Crippen LogP contribution in [0.2, 0.25) is 0 Å². The molecule has 3 rings (SSSR count). The maximum atomic E-state index is 13.6. The molecule has 1 aliphatic rings. The van der Waals surface area contributed by atoms with Gasteiger partial charge in [-0.15, -0.1) is 0 Å². The molecule has 5 nitrogen and oxygen atoms in total. The van der Waals surface area contributed by atoms with Crippen molar-refractivity contribution in [2.45, 2.75) is 19.3 Å². The van der Waals surface area contributed by atoms with Gasteiger partial charge >= 0.3 is 0 Å². The molecule has 1 N–H and O–H groups in total. The minimum atomic E-state index is -0.320. The Balaban J connectivity index is 1.59. The molecule has 0 bridgehead atoms. The van der Waals surface area contributed by atoms with E-state index in [2.05, 4.69) is 10.3 Å². The van der Waals surface area contributed by atoms with Gasteiger partial charge in [-0.3, -0.25) is 14.6 Å². The van der Waals surface area contributed by atoms with Crippen LogP contribution in [0.1, 0.15) is 39.1 Å². The molecule has 1 fully saturated rings. The van der Waals surface area contributed by atoms with Crippen LogP contribution in [0, 0.1) is 5.82 Å². The smallest absolute Gasteiger partial charge is 0.255 e. The SMILES string of the molecule is O=C(NCCc1ccccc1F)c1cncc(C(=O)N2CCCC2)c1. The fraction of sp³-hybridized carbons (Fsp3) is 0.316. The number of rotatable bonds is 5. The number of benzene rings is 1. The number of pyridine rings is 1. The third kappa shape index (κ3) is 4.21. The van der Waals surface area contributed by atoms with Gasteiger partial charge in [0.25, 0.3) is 11.8 Å². The van der Waals surface area contributed by atoms with Crippen molar-refractivity contribution in [3.63, 3.8) is 0 Å². The van der Waals surface area contributed by atoms with Crippen LogP contribution >= 0.6 is 0 Å². The molecule has 2 heterocycles. The number of amides is 2. The third-order valence-corrected chi connectivity index (χ3v) is 4.28. The Morgan fingerprint density at radius 1 is 1.12 bits per heavy atom. The Morgan fingerprint density at radius 3 is 2.60 bits per heavy atom. The number of nitrogens with one attached hydrogen (secondary N) is 1. The number of carbonyl (C=O) groups is 2. The number of aromatic nitrogens is 1. The fourth-order valence-electron chi connectivity index (χ4n) is 2.90. The summed E-state index contributed by atoms with van der Waals surface area (Å²) >= 11 is 0. The van der Waals surface area contributed by atoms with E-state index in [1.54, 1.807) is 29.2 Å². The topological polar surface area (TPSA) is 62.3 Å². The molecule has 1 saturated heterocycles. The average Bonchev–Trinajstić information content (AvgIpc) is 3.17. The third-order valence-electron chi connectivity index (χ3n) is 4.28. The summed E-state index contributed by atoms with van der Waals surface area (Å²) in [5.74, 6) is -0.692. The van der Waals surface area contributed by atoms with Gasteiger partial charge in [0.15, 0.2) is 0 Å². The molecule has 1 aliphatic heterocycles. The lowest BCUT2D eigenvalue weighted by Gasteiger charge is -2.15. The van der Waals surface area contributed by atoms with Crippen LogP contribution < -0.4 is 5.32 Å². The Labute approximate surface area is 145 Å². The maximum Gasteiger partial charge on any atom is 0.255 e. The van der Waals surface area contributed by atoms with Crippen molar-refractivity contribution in [2.75, 3.05) is 19.6 Å². The first-order valence-corrected chi connectivity index (χ1v) is 8.41. The molecule has 0 radical (unpaired) electrons. The predicted octanol–water partition coefficient (Wildman–Crippen LogP) is 2.43. The summed E-state index contributed by atoms with van der Waals surface area (Å²) in [7, 11) is 0. The summed E-state index contributed by atoms with van der Waals surface area (Å²) in [5, 5.41) is 2.74. The Bertz CT molecular complexity index is 773. The van der Waals surface area contributed by atoms with Gasteiger partial charge in [-0.05, 0) is 37.0 Å². The van der Waals surface area contributed by atoms with Crippen molar-refractivity contribution in [1.29, 1.82) is 0 Å². The Hall–Kier alpha value is -2.76. The number of halogens is 1. The highest BCUT2D eigenvalue weighted by molar-refractivity contribution is 5.99. The molecule has 2 aromatic rings. The number of hydrogen-bond donors (Lipinski definition) is 1. The lowest BCUT2D eigenvalue weighted by molar-refractivity contribution is 0.0792. The molecule has 6 heteroatoms. The monoisotopic (exact) mass is 341 g/mol. The van der Waals surface area contributed by atoms with Crippen LogP contribution in [0.15, 0.2) is 42.7 Å². The van der Waals surface area contributed by atoms with Gasteiger partial charge < -0.3 is 10.2 Å². The molecule has 130 valence electrons. The van der Waals surface area contributed by atoms with Crippen molar-refractivity contribution in [3.8, 4) is 0 Å². The lowest BCUT2D eigenvalue weighted by Crippen LogP contribution is -2.29. The molecule has 2 amide bonds. The number of hydrogen-bond acceptors (Lipinski definition) is 3. The largest absolute Gasteiger partial charge is 0.352 e. The van der Waals surface area contributed by atoms with E-state index in [0.29, 0.717) is 29.7 Å². The van der Waals surface area contributed by atoms with Crippen molar-refractivity contribution >= 4 is 11.8 Å². The second kappa shape index (κ2) is 7.88. The highest BCUT2D eigenvalue weighted by Crippen LogP contribution is 2.13. The van der Waals surface area contributed by atoms with Crippen molar-refractivity contribution in [3.05, 3.63) is 65.2 Å². The van der Waals surface area contributed by atoms with Gasteiger partial charge in [0, 0.05) is 32.0 Å². The molecule has 25 heavy (non-hydrogen) atoms. The minimum absolute atomic E-state index is 0.0917. The second-order valence-electron chi connectivity index (χ2n) is 6.06. The van der Waals surface area contributed by atoms with E-state index < -0.39 is 0 Å². The molecule has 0 aliphatic carbocycles. The van der Waals surface area contributed by atoms with E-state index in [0.717, 1.165) is 25.9 Å². The van der Waals surface area contributed by atoms with Gasteiger partial charge in [0.2, 0.25) is 0 Å². The molecule has 0 atom stereocenters. The summed E-state index contributed by atoms with van der Waals surface area (Å²) in [6.07, 6.45) is 5.33. The average molecular weight is 341 g/mol. The Morgan fingerprint density at radius 2 is 1.84 bits per heavy atom. The van der Waals surface area contributed by atoms with Crippen LogP contribution in [-0.4, -0.2) is 41.3 Å². The fourth-order valence-corrected chi connectivity index (χ4v) is 2.90. The zero-order chi connectivity index (χ0) is 17.6. The van der Waals surface area contributed by atoms with Gasteiger partial charge in [0.1, 0.15) is 5.82 Å². The van der Waals surface area contributed by atoms with Crippen molar-refractivity contribution in [1.82, 2.24) is 15.2 Å². The molecule has 0 unspecified atom stereocenters. The van der Waals surface area contributed by atoms with Crippen LogP contribution in [0.25, 0.3) is 0 Å². The summed E-state index contributed by atoms with van der Waals surface area (Å²) in [5.41, 5.74) is 1.31. The summed E-state index contributed by atoms with van der Waals surface area (Å²) in [6, 6.07) is 8.04. The first-order valence-electron chi connectivity index (χ1n) is 8.41. The maximum absolute atomic E-state index is 13.6. The number of carbonyl (C=O) groups excluding carboxylic acids is 2. The lowest BCUT2D eigenvalue weighted by atomic mass is 10.1. The normalized spacial score (nSPS) is 13.7. The zero-order valence-electron chi connectivity index (χ0n) is 13.9. The molecular weight excluding hydrogens is 321 g/mol. The standard InChI is InChI=1S/C19H20FN3O2/c20-17-6-2-1-5-14(17)7-8-22-18(24)15-11-16(13-21-12-15)19(25)23-9-3-4-10-23/h1-2,5-6,11-13H,3-4,7-10H2,(H,22,24). The Kier molecular flexibility index (Phi) is 5.38. The van der Waals surface area contributed by atoms with Crippen LogP contribution in [0.4, 0.5) is 4.39 Å². The number of likely N-dealkylation sites (tertiary alicyclic amines) is 1. The summed E-state index contributed by atoms with van der Waals surface area (Å²) in [4.78, 5) is 30.4. The quantitative estimate of drug-likeness (QED) is 0.908. The molecular formula is C19H20FN3O2. The van der Waals surface area contributed by atoms with Gasteiger partial charge in [-0.25, -0.2) is 4.39 Å². The van der Waals surface area contributed by atoms with Gasteiger partial charge in [-0.1, -0.05) is 18.2 Å². The highest BCUT2D eigenvalue weighted by atomic mass is 19.1. The van der Waals surface area contributed by atoms with E-state index in [1.807, 2.05) is 0 Å². The van der Waals surface area contributed by atoms with Crippen molar-refractivity contribution in [2.24, 2.45) is 0 Å². The molecule has 1 aromatic carbocycles. The predicted molar refractivity (Wildman–Crippen MR) is 91.8 cm³/mol. The van der Waals surface area contributed by atoms with Gasteiger partial charge in [-0.2, -0.15) is 0 Å². The zero-order valence-corrected chi connectivity index (χ0v) is 13.9. The first-order chi connectivity index (χ1) is 12.1. The first kappa shape index (κ1) is 17.1. The molecule has 1 aromatic heterocycles. The number of nitrogens with zero attached hydrogens (tertiary/aromatic N) is 2. The van der Waals surface area contributed by atoms with E-state index in [4.69, 9.17) is 0 Å². The summed E-state index contributed by atoms with van der Waals surface area (Å²) < 4.78 is 13.6. The van der Waals surface area contributed by atoms with E-state index in [-0.39, 0.29) is 17.6 Å².